The van der Waals surface area contributed by atoms with Crippen molar-refractivity contribution in [2.24, 2.45) is 0 Å². The van der Waals surface area contributed by atoms with Crippen LogP contribution in [0.25, 0.3) is 0 Å². The van der Waals surface area contributed by atoms with Crippen molar-refractivity contribution in [3.05, 3.63) is 123 Å². The van der Waals surface area contributed by atoms with E-state index in [2.05, 4.69) is 19.5 Å². The first-order valence-electron chi connectivity index (χ1n) is 32.2. The maximum absolute atomic E-state index is 14.2. The Morgan fingerprint density at radius 3 is 0.779 bits per heavy atom. The molecule has 1 aliphatic rings. The first-order chi connectivity index (χ1) is 50.1. The average Bonchev–Trinajstić information content (AvgIpc) is 1.61. The molecule has 0 saturated carbocycles. The van der Waals surface area contributed by atoms with E-state index < -0.39 is 182 Å². The second kappa shape index (κ2) is 49.3. The monoisotopic (exact) mass is 1510 g/mol. The number of amides is 3. The first kappa shape index (κ1) is 87.1. The van der Waals surface area contributed by atoms with Crippen molar-refractivity contribution >= 4 is 35.6 Å². The summed E-state index contributed by atoms with van der Waals surface area (Å²) in [7, 11) is 0. The topological polar surface area (TPSA) is 284 Å². The number of carbonyl (C=O) groups excluding carboxylic acids is 6. The van der Waals surface area contributed by atoms with Gasteiger partial charge < -0.3 is 90.6 Å². The number of rotatable bonds is 58. The number of fused-ring (bicyclic) bond motifs is 1. The van der Waals surface area contributed by atoms with Gasteiger partial charge in [-0.25, -0.2) is 26.3 Å². The summed E-state index contributed by atoms with van der Waals surface area (Å²) in [6, 6.07) is 6.25. The van der Waals surface area contributed by atoms with E-state index in [9.17, 15) is 81.5 Å². The Balaban J connectivity index is 0.891. The molecule has 104 heavy (non-hydrogen) atoms. The fourth-order valence-electron chi connectivity index (χ4n) is 8.56. The molecular formula is C66H78F12N2O24. The van der Waals surface area contributed by atoms with Crippen LogP contribution in [-0.2, 0) is 90.2 Å². The molecule has 0 saturated heterocycles. The SMILES string of the molecule is O=C(CCOCCOCCOCCOCCOCCOCCOCCOCCOCCOCCOCCOCCN1C(=O)c2ccccc2C1=O)NC(COCCC(=O)Oc1c(F)c(F)cc(F)c1F)(COCCC(=O)Oc1c(F)c(F)cc(F)c1F)COCCC(=O)Oc1c(F)c(F)cc(F)c1F. The van der Waals surface area contributed by atoms with Gasteiger partial charge in [-0.05, 0) is 12.1 Å². The van der Waals surface area contributed by atoms with Gasteiger partial charge >= 0.3 is 17.9 Å². The van der Waals surface area contributed by atoms with Gasteiger partial charge in [-0.2, -0.15) is 26.3 Å². The van der Waals surface area contributed by atoms with Crippen molar-refractivity contribution in [3.63, 3.8) is 0 Å². The summed E-state index contributed by atoms with van der Waals surface area (Å²) < 4.78 is 264. The van der Waals surface area contributed by atoms with E-state index in [-0.39, 0.29) is 89.4 Å². The van der Waals surface area contributed by atoms with Crippen LogP contribution >= 0.6 is 0 Å². The molecular weight excluding hydrogens is 1430 g/mol. The van der Waals surface area contributed by atoms with E-state index in [1.54, 1.807) is 24.3 Å². The van der Waals surface area contributed by atoms with Crippen LogP contribution in [0.5, 0.6) is 17.2 Å². The molecule has 1 aliphatic heterocycles. The summed E-state index contributed by atoms with van der Waals surface area (Å²) in [4.78, 5) is 77.0. The Bertz CT molecular complexity index is 3010. The summed E-state index contributed by atoms with van der Waals surface area (Å²) in [5, 5.41) is 2.50. The predicted molar refractivity (Wildman–Crippen MR) is 329 cm³/mol. The molecule has 0 aliphatic carbocycles. The second-order valence-electron chi connectivity index (χ2n) is 21.5. The van der Waals surface area contributed by atoms with Gasteiger partial charge in [-0.1, -0.05) is 12.1 Å². The van der Waals surface area contributed by atoms with Crippen LogP contribution in [0, 0.1) is 69.8 Å². The van der Waals surface area contributed by atoms with Gasteiger partial charge in [-0.15, -0.1) is 0 Å². The minimum atomic E-state index is -2.06. The van der Waals surface area contributed by atoms with E-state index in [1.165, 1.54) is 4.90 Å². The standard InChI is InChI=1S/C66H78F12N2O24/c67-45-37-46(68)56(74)61(55(45)73)102-52(82)6-11-99-40-66(41-100-12-7-53(83)103-62-57(75)47(69)38-48(70)58(62)76,42-101-13-8-54(84)104-63-59(77)49(71)39-50(72)60(63)78)79-51(81)5-10-87-15-17-89-19-21-91-23-25-93-27-29-95-31-33-97-35-36-98-34-32-96-30-28-94-26-24-92-22-20-90-18-16-88-14-9-80-64(85)43-3-1-2-4-44(43)65(80)86/h1-4,37-39H,5-36,40-42H2,(H,79,81). The number of ether oxygens (including phenoxy) is 18. The van der Waals surface area contributed by atoms with Crippen LogP contribution in [-0.4, -0.2) is 251 Å². The summed E-state index contributed by atoms with van der Waals surface area (Å²) >= 11 is 0. The predicted octanol–water partition coefficient (Wildman–Crippen LogP) is 6.43. The number of benzene rings is 4. The minimum absolute atomic E-state index is 0.0258. The van der Waals surface area contributed by atoms with E-state index in [1.807, 2.05) is 0 Å². The molecule has 0 atom stereocenters. The van der Waals surface area contributed by atoms with Gasteiger partial charge in [-0.3, -0.25) is 33.7 Å². The van der Waals surface area contributed by atoms with E-state index in [4.69, 9.17) is 71.1 Å². The highest BCUT2D eigenvalue weighted by molar-refractivity contribution is 6.21. The van der Waals surface area contributed by atoms with Crippen LogP contribution in [0.3, 0.4) is 0 Å². The highest BCUT2D eigenvalue weighted by atomic mass is 19.2. The van der Waals surface area contributed by atoms with Gasteiger partial charge in [0, 0.05) is 24.6 Å². The first-order valence-corrected chi connectivity index (χ1v) is 32.2. The molecule has 4 aromatic rings. The minimum Gasteiger partial charge on any atom is -0.420 e. The van der Waals surface area contributed by atoms with Gasteiger partial charge in [0.25, 0.3) is 11.8 Å². The third-order valence-corrected chi connectivity index (χ3v) is 13.7. The van der Waals surface area contributed by atoms with Gasteiger partial charge in [0.2, 0.25) is 58.1 Å². The maximum atomic E-state index is 14.2. The molecule has 1 heterocycles. The van der Waals surface area contributed by atoms with Gasteiger partial charge in [0.1, 0.15) is 5.54 Å². The molecule has 5 rings (SSSR count). The Morgan fingerprint density at radius 1 is 0.308 bits per heavy atom. The van der Waals surface area contributed by atoms with Crippen LogP contribution < -0.4 is 19.5 Å². The van der Waals surface area contributed by atoms with E-state index in [0.29, 0.717) is 117 Å². The highest BCUT2D eigenvalue weighted by Crippen LogP contribution is 2.30. The summed E-state index contributed by atoms with van der Waals surface area (Å²) in [5.74, 6) is -35.0. The van der Waals surface area contributed by atoms with Crippen molar-refractivity contribution < 1.29 is 167 Å². The number of hydrogen-bond acceptors (Lipinski definition) is 24. The molecule has 580 valence electrons. The Morgan fingerprint density at radius 2 is 0.529 bits per heavy atom. The lowest BCUT2D eigenvalue weighted by Crippen LogP contribution is -2.59. The largest absolute Gasteiger partial charge is 0.420 e. The van der Waals surface area contributed by atoms with Crippen molar-refractivity contribution in [3.8, 4) is 17.2 Å². The normalized spacial score (nSPS) is 12.2. The van der Waals surface area contributed by atoms with Gasteiger partial charge in [0.05, 0.1) is 235 Å². The average molecular weight is 1510 g/mol. The van der Waals surface area contributed by atoms with Crippen molar-refractivity contribution in [1.29, 1.82) is 0 Å². The molecule has 0 unspecified atom stereocenters. The molecule has 4 aromatic carbocycles. The van der Waals surface area contributed by atoms with E-state index >= 15 is 0 Å². The summed E-state index contributed by atoms with van der Waals surface area (Å²) in [5.41, 5.74) is -1.24. The van der Waals surface area contributed by atoms with Crippen LogP contribution in [0.2, 0.25) is 0 Å². The Labute approximate surface area is 587 Å². The molecule has 26 nitrogen and oxygen atoms in total. The lowest BCUT2D eigenvalue weighted by Gasteiger charge is -2.34. The lowest BCUT2D eigenvalue weighted by molar-refractivity contribution is -0.138. The zero-order chi connectivity index (χ0) is 75.5. The lowest BCUT2D eigenvalue weighted by atomic mass is 10.0. The van der Waals surface area contributed by atoms with Crippen molar-refractivity contribution in [2.45, 2.75) is 31.2 Å². The summed E-state index contributed by atoms with van der Waals surface area (Å²) in [6.07, 6.45) is -3.20. The van der Waals surface area contributed by atoms with Crippen LogP contribution in [0.1, 0.15) is 46.4 Å². The number of imide groups is 1. The molecule has 0 spiro atoms. The molecule has 0 radical (unpaired) electrons. The fraction of sp³-hybridized carbons (Fsp3) is 0.545. The number of nitrogens with zero attached hydrogens (tertiary/aromatic N) is 1. The molecule has 0 fully saturated rings. The fourth-order valence-corrected chi connectivity index (χ4v) is 8.56. The third kappa shape index (κ3) is 31.6. The third-order valence-electron chi connectivity index (χ3n) is 13.7. The molecule has 3 amide bonds. The highest BCUT2D eigenvalue weighted by Gasteiger charge is 2.36. The quantitative estimate of drug-likeness (QED) is 0.0124. The van der Waals surface area contributed by atoms with Crippen LogP contribution in [0.4, 0.5) is 52.7 Å². The molecule has 0 aromatic heterocycles. The number of carbonyl (C=O) groups is 6. The number of esters is 3. The number of hydrogen-bond donors (Lipinski definition) is 1. The number of halogens is 12. The van der Waals surface area contributed by atoms with Crippen LogP contribution in [0.15, 0.2) is 42.5 Å². The van der Waals surface area contributed by atoms with Crippen molar-refractivity contribution in [1.82, 2.24) is 10.2 Å². The number of nitrogens with one attached hydrogen (secondary N) is 1. The van der Waals surface area contributed by atoms with Crippen molar-refractivity contribution in [2.75, 3.05) is 205 Å². The summed E-state index contributed by atoms with van der Waals surface area (Å²) in [6.45, 7) is 1.78. The Hall–Kier alpha value is -7.54. The smallest absolute Gasteiger partial charge is 0.313 e. The molecule has 0 bridgehead atoms. The maximum Gasteiger partial charge on any atom is 0.313 e. The molecule has 1 N–H and O–H groups in total. The zero-order valence-corrected chi connectivity index (χ0v) is 56.1. The van der Waals surface area contributed by atoms with Gasteiger partial charge in [0.15, 0.2) is 34.9 Å². The Kier molecular flexibility index (Phi) is 41.3. The zero-order valence-electron chi connectivity index (χ0n) is 56.1. The second-order valence-corrected chi connectivity index (χ2v) is 21.5. The van der Waals surface area contributed by atoms with E-state index in [0.717, 1.165) is 0 Å². The molecule has 38 heteroatoms.